The van der Waals surface area contributed by atoms with Crippen LogP contribution in [0, 0.1) is 18.3 Å². The maximum Gasteiger partial charge on any atom is 0.393 e. The maximum absolute atomic E-state index is 13.0. The van der Waals surface area contributed by atoms with Gasteiger partial charge in [-0.25, -0.2) is 9.97 Å². The van der Waals surface area contributed by atoms with Crippen molar-refractivity contribution in [1.82, 2.24) is 20.2 Å². The highest BCUT2D eigenvalue weighted by atomic mass is 32.1. The number of alkyl halides is 3. The molecule has 1 saturated heterocycles. The van der Waals surface area contributed by atoms with E-state index in [0.29, 0.717) is 29.0 Å². The lowest BCUT2D eigenvalue weighted by molar-refractivity contribution is -0.126. The number of amides is 1. The van der Waals surface area contributed by atoms with Crippen molar-refractivity contribution in [2.45, 2.75) is 70.3 Å². The number of anilines is 1. The Morgan fingerprint density at radius 1 is 1.33 bits per heavy atom. The summed E-state index contributed by atoms with van der Waals surface area (Å²) in [6.45, 7) is 7.78. The van der Waals surface area contributed by atoms with Gasteiger partial charge >= 0.3 is 6.18 Å². The monoisotopic (exact) mass is 594 g/mol. The third-order valence-electron chi connectivity index (χ3n) is 8.07. The van der Waals surface area contributed by atoms with Crippen LogP contribution in [0.3, 0.4) is 0 Å². The first-order valence-corrected chi connectivity index (χ1v) is 14.9. The summed E-state index contributed by atoms with van der Waals surface area (Å²) in [6.07, 6.45) is 3.42. The number of likely N-dealkylation sites (tertiary alicyclic amines) is 1. The van der Waals surface area contributed by atoms with Crippen LogP contribution in [-0.2, 0) is 24.2 Å². The van der Waals surface area contributed by atoms with Crippen LogP contribution < -0.4 is 10.6 Å². The van der Waals surface area contributed by atoms with Crippen molar-refractivity contribution in [3.63, 3.8) is 0 Å². The average Bonchev–Trinajstić information content (AvgIpc) is 3.57. The normalized spacial score (nSPS) is 18.8. The number of benzene rings is 1. The lowest BCUT2D eigenvalue weighted by Gasteiger charge is -2.40. The molecule has 1 aliphatic carbocycles. The Bertz CT molecular complexity index is 1560. The van der Waals surface area contributed by atoms with E-state index in [2.05, 4.69) is 57.2 Å². The minimum atomic E-state index is -4.28. The molecule has 0 spiro atoms. The topological polar surface area (TPSA) is 93.9 Å². The number of halogens is 3. The zero-order valence-corrected chi connectivity index (χ0v) is 24.2. The van der Waals surface area contributed by atoms with Crippen LogP contribution in [0.2, 0.25) is 0 Å². The smallest absolute Gasteiger partial charge is 0.367 e. The molecule has 1 amide bonds. The number of nitrogens with one attached hydrogen (secondary N) is 2. The Morgan fingerprint density at radius 2 is 2.17 bits per heavy atom. The van der Waals surface area contributed by atoms with Gasteiger partial charge in [0.05, 0.1) is 17.9 Å². The number of carbonyl (C=O) groups is 1. The molecule has 2 unspecified atom stereocenters. The predicted molar refractivity (Wildman–Crippen MR) is 159 cm³/mol. The molecule has 0 bridgehead atoms. The minimum absolute atomic E-state index is 0.0836. The van der Waals surface area contributed by atoms with E-state index in [1.54, 1.807) is 6.07 Å². The largest absolute Gasteiger partial charge is 0.393 e. The number of hydrogen-bond donors (Lipinski definition) is 2. The molecule has 2 atom stereocenters. The van der Waals surface area contributed by atoms with Crippen molar-refractivity contribution in [1.29, 1.82) is 5.26 Å². The number of aromatic nitrogens is 2. The summed E-state index contributed by atoms with van der Waals surface area (Å²) in [4.78, 5) is 23.5. The second kappa shape index (κ2) is 12.6. The molecule has 7 nitrogen and oxygen atoms in total. The highest BCUT2D eigenvalue weighted by molar-refractivity contribution is 7.18. The van der Waals surface area contributed by atoms with Gasteiger partial charge in [0, 0.05) is 48.6 Å². The van der Waals surface area contributed by atoms with Crippen molar-refractivity contribution in [2.24, 2.45) is 0 Å². The number of nitriles is 1. The van der Waals surface area contributed by atoms with Crippen molar-refractivity contribution in [2.75, 3.05) is 18.4 Å². The van der Waals surface area contributed by atoms with Gasteiger partial charge < -0.3 is 10.6 Å². The molecule has 0 radical (unpaired) electrons. The number of carbonyl (C=O) groups excluding carboxylic acids is 1. The van der Waals surface area contributed by atoms with Crippen LogP contribution in [0.5, 0.6) is 0 Å². The molecular formula is C31H33F3N6OS. The van der Waals surface area contributed by atoms with E-state index in [4.69, 9.17) is 0 Å². The van der Waals surface area contributed by atoms with Gasteiger partial charge in [-0.2, -0.15) is 18.4 Å². The van der Waals surface area contributed by atoms with E-state index in [9.17, 15) is 23.2 Å². The van der Waals surface area contributed by atoms with Crippen molar-refractivity contribution in [3.05, 3.63) is 69.9 Å². The zero-order chi connectivity index (χ0) is 29.9. The van der Waals surface area contributed by atoms with Gasteiger partial charge in [-0.1, -0.05) is 18.7 Å². The van der Waals surface area contributed by atoms with Gasteiger partial charge in [-0.15, -0.1) is 11.3 Å². The molecule has 3 heterocycles. The average molecular weight is 595 g/mol. The van der Waals surface area contributed by atoms with Crippen molar-refractivity contribution in [3.8, 4) is 6.07 Å². The van der Waals surface area contributed by atoms with Crippen LogP contribution in [0.4, 0.5) is 19.0 Å². The van der Waals surface area contributed by atoms with Gasteiger partial charge in [0.1, 0.15) is 17.0 Å². The molecular weight excluding hydrogens is 561 g/mol. The number of rotatable bonds is 10. The molecule has 2 aliphatic rings. The first-order valence-electron chi connectivity index (χ1n) is 14.1. The van der Waals surface area contributed by atoms with E-state index < -0.39 is 12.6 Å². The summed E-state index contributed by atoms with van der Waals surface area (Å²) in [5.74, 6) is 0.372. The number of hydrogen-bond acceptors (Lipinski definition) is 7. The maximum atomic E-state index is 13.0. The van der Waals surface area contributed by atoms with Crippen LogP contribution in [0.1, 0.15) is 52.8 Å². The first-order chi connectivity index (χ1) is 20.1. The number of nitrogens with zero attached hydrogens (tertiary/aromatic N) is 4. The highest BCUT2D eigenvalue weighted by Crippen LogP contribution is 2.35. The van der Waals surface area contributed by atoms with Gasteiger partial charge in [0.15, 0.2) is 0 Å². The summed E-state index contributed by atoms with van der Waals surface area (Å²) < 4.78 is 39.0. The van der Waals surface area contributed by atoms with Gasteiger partial charge in [0.25, 0.3) is 0 Å². The molecule has 0 saturated carbocycles. The molecule has 220 valence electrons. The third kappa shape index (κ3) is 6.99. The second-order valence-corrected chi connectivity index (χ2v) is 12.1. The Hall–Kier alpha value is -3.75. The molecule has 42 heavy (non-hydrogen) atoms. The van der Waals surface area contributed by atoms with Gasteiger partial charge in [-0.05, 0) is 73.1 Å². The van der Waals surface area contributed by atoms with E-state index in [1.165, 1.54) is 29.1 Å². The predicted octanol–water partition coefficient (Wildman–Crippen LogP) is 6.10. The number of piperidine rings is 1. The Kier molecular flexibility index (Phi) is 8.94. The van der Waals surface area contributed by atoms with E-state index in [-0.39, 0.29) is 22.9 Å². The number of allylic oxidation sites excluding steroid dienone is 1. The lowest BCUT2D eigenvalue weighted by atomic mass is 9.91. The fourth-order valence-corrected chi connectivity index (χ4v) is 6.96. The standard InChI is InChI=1S/C31H33F3N6OS/c1-3-28(41)36-9-4-5-24-13-23(39-29-27-14-25(15-31(32,33)34)42-30(27)38-18-37-29)8-10-40(24)17-22-7-6-21-11-20(16-35)12-26(21)19(22)2/h3,6-7,12,14,18,23-24H,1,4-5,8-11,13,15,17H2,2H3,(H,36,41)(H,37,38,39). The fraction of sp³-hybridized carbons (Fsp3) is 0.419. The van der Waals surface area contributed by atoms with Crippen LogP contribution in [0.25, 0.3) is 16.3 Å². The summed E-state index contributed by atoms with van der Waals surface area (Å²) >= 11 is 1.05. The van der Waals surface area contributed by atoms with E-state index in [0.717, 1.165) is 61.2 Å². The highest BCUT2D eigenvalue weighted by Gasteiger charge is 2.31. The van der Waals surface area contributed by atoms with Crippen LogP contribution >= 0.6 is 11.3 Å². The van der Waals surface area contributed by atoms with Crippen molar-refractivity contribution < 1.29 is 18.0 Å². The number of thiophene rings is 1. The minimum Gasteiger partial charge on any atom is -0.367 e. The molecule has 11 heteroatoms. The summed E-state index contributed by atoms with van der Waals surface area (Å²) in [7, 11) is 0. The van der Waals surface area contributed by atoms with E-state index in [1.807, 2.05) is 6.08 Å². The quantitative estimate of drug-likeness (QED) is 0.218. The Balaban J connectivity index is 1.31. The molecule has 1 aliphatic heterocycles. The molecule has 1 aromatic carbocycles. The SMILES string of the molecule is C=CC(=O)NCCCC1CC(Nc2ncnc3sc(CC(F)(F)F)cc23)CCN1Cc1ccc2c(c1C)C=C(C#N)C2. The third-order valence-corrected chi connectivity index (χ3v) is 9.11. The summed E-state index contributed by atoms with van der Waals surface area (Å²) in [5.41, 5.74) is 5.55. The molecule has 3 aromatic rings. The zero-order valence-electron chi connectivity index (χ0n) is 23.4. The first kappa shape index (κ1) is 29.7. The van der Waals surface area contributed by atoms with Gasteiger partial charge in [0.2, 0.25) is 5.91 Å². The van der Waals surface area contributed by atoms with Crippen molar-refractivity contribution >= 4 is 39.4 Å². The molecule has 2 aromatic heterocycles. The molecule has 2 N–H and O–H groups in total. The second-order valence-electron chi connectivity index (χ2n) is 11.0. The molecule has 1 fully saturated rings. The number of fused-ring (bicyclic) bond motifs is 2. The van der Waals surface area contributed by atoms with E-state index >= 15 is 0 Å². The fourth-order valence-electron chi connectivity index (χ4n) is 5.94. The van der Waals surface area contributed by atoms with Gasteiger partial charge in [-0.3, -0.25) is 9.69 Å². The molecule has 5 rings (SSSR count). The Labute approximate surface area is 247 Å². The van der Waals surface area contributed by atoms with Crippen LogP contribution in [0.15, 0.2) is 42.8 Å². The lowest BCUT2D eigenvalue weighted by Crippen LogP contribution is -2.46. The summed E-state index contributed by atoms with van der Waals surface area (Å²) in [5, 5.41) is 16.4. The van der Waals surface area contributed by atoms with Crippen LogP contribution in [-0.4, -0.2) is 52.1 Å². The summed E-state index contributed by atoms with van der Waals surface area (Å²) in [6, 6.07) is 8.43. The Morgan fingerprint density at radius 3 is 2.93 bits per heavy atom.